The number of rotatable bonds is 23. The maximum absolute atomic E-state index is 14.5. The number of sulfonamides is 4. The van der Waals surface area contributed by atoms with E-state index in [-0.39, 0.29) is 107 Å². The Morgan fingerprint density at radius 1 is 0.412 bits per heavy atom. The molecule has 0 saturated carbocycles. The number of aromatic nitrogens is 8. The van der Waals surface area contributed by atoms with Crippen molar-refractivity contribution < 1.29 is 93.1 Å². The number of hydrogen-bond acceptors (Lipinski definition) is 30. The average molecular weight is 2110 g/mol. The maximum Gasteiger partial charge on any atom is 0.586 e. The van der Waals surface area contributed by atoms with Crippen LogP contribution in [0.25, 0.3) is 22.5 Å². The van der Waals surface area contributed by atoms with Gasteiger partial charge in [0, 0.05) is 103 Å². The second-order valence-corrected chi connectivity index (χ2v) is 46.5. The van der Waals surface area contributed by atoms with Crippen molar-refractivity contribution in [2.45, 2.75) is 176 Å². The van der Waals surface area contributed by atoms with E-state index in [0.29, 0.717) is 78.2 Å². The van der Waals surface area contributed by atoms with Crippen LogP contribution < -0.4 is 69.6 Å². The summed E-state index contributed by atoms with van der Waals surface area (Å²) in [6.45, 7) is 28.7. The highest BCUT2D eigenvalue weighted by atomic mass is 32.2. The van der Waals surface area contributed by atoms with Gasteiger partial charge in [-0.1, -0.05) is 76.2 Å². The van der Waals surface area contributed by atoms with Gasteiger partial charge < -0.3 is 50.8 Å². The number of nitrogens with zero attached hydrogens (tertiary/aromatic N) is 13. The molecule has 5 saturated heterocycles. The summed E-state index contributed by atoms with van der Waals surface area (Å²) >= 11 is 0. The first-order chi connectivity index (χ1) is 69.6. The molecule has 0 bridgehead atoms. The Morgan fingerprint density at radius 2 is 0.851 bits per heavy atom. The zero-order valence-corrected chi connectivity index (χ0v) is 86.0. The third-order valence-electron chi connectivity index (χ3n) is 26.1. The number of nitrogens with one attached hydrogen (secondary N) is 5. The molecule has 6 aliphatic heterocycles. The predicted molar refractivity (Wildman–Crippen MR) is 544 cm³/mol. The highest BCUT2D eigenvalue weighted by Crippen LogP contribution is 2.47. The summed E-state index contributed by atoms with van der Waals surface area (Å²) in [5.74, 6) is -5.22. The summed E-state index contributed by atoms with van der Waals surface area (Å²) in [6.07, 6.45) is 7.25. The fraction of sp³-hybridized carbons (Fsp3) is 0.340. The Kier molecular flexibility index (Phi) is 31.0. The lowest BCUT2D eigenvalue weighted by molar-refractivity contribution is -0.286. The van der Waals surface area contributed by atoms with E-state index in [4.69, 9.17) is 16.5 Å². The summed E-state index contributed by atoms with van der Waals surface area (Å²) in [4.78, 5) is 96.5. The van der Waals surface area contributed by atoms with Crippen molar-refractivity contribution in [2.75, 3.05) is 80.6 Å². The first kappa shape index (κ1) is 108. The van der Waals surface area contributed by atoms with E-state index in [9.17, 15) is 83.6 Å². The van der Waals surface area contributed by atoms with Crippen molar-refractivity contribution in [1.82, 2.24) is 58.8 Å². The van der Waals surface area contributed by atoms with Gasteiger partial charge in [0.25, 0.3) is 63.7 Å². The van der Waals surface area contributed by atoms with E-state index in [1.807, 2.05) is 89.5 Å². The lowest BCUT2D eigenvalue weighted by Crippen LogP contribution is -2.41. The van der Waals surface area contributed by atoms with Crippen LogP contribution in [0.2, 0.25) is 0 Å². The number of pyridine rings is 8. The number of hydrogen-bond donors (Lipinski definition) is 7. The van der Waals surface area contributed by atoms with Crippen LogP contribution in [-0.4, -0.2) is 165 Å². The number of benzene rings is 4. The van der Waals surface area contributed by atoms with Gasteiger partial charge in [-0.2, -0.15) is 25.3 Å². The SMILES string of the molecule is CC1CN(c2ncccc2C(=O)NS(=O)(=O)c2cccc(N3CCC(Cc4ccccc4)CC3)n2)C(C)(C)C1.CC1CN(c2ncccc2C(=O)NS(=O)(=O)c2cccc(Nc3c(F)cc(F)cc3F)n2)C(C)(C)C1.C[C@@H]1CN(c2nc(-c3cc(F)ccc3F)ccc2C(=O)NS(=O)(=O)c2cccnc2N)C(C)(C)C1.C[C@@H]1CN(c2nc(-c3ccc4c(c3)OC(F)(F)O4)ccc2C(=O)NS(=O)(=O)c2cccc(N)n2)C(C)(C)C1. The minimum Gasteiger partial charge on any atom is -0.395 e. The molecule has 8 aromatic heterocycles. The minimum atomic E-state index is -4.47. The lowest BCUT2D eigenvalue weighted by Gasteiger charge is -2.34. The first-order valence-electron chi connectivity index (χ1n) is 47.4. The second-order valence-electron chi connectivity index (χ2n) is 40.0. The number of nitrogens with two attached hydrogens (primary N) is 2. The van der Waals surface area contributed by atoms with E-state index in [1.165, 1.54) is 115 Å². The molecular weight excluding hydrogens is 2000 g/mol. The summed E-state index contributed by atoms with van der Waals surface area (Å²) in [6, 6.07) is 46.0. The molecule has 18 rings (SSSR count). The molecule has 5 fully saturated rings. The summed E-state index contributed by atoms with van der Waals surface area (Å²) in [5, 5.41) is 1.17. The number of piperidine rings is 1. The molecule has 4 amide bonds. The van der Waals surface area contributed by atoms with Crippen LogP contribution >= 0.6 is 0 Å². The van der Waals surface area contributed by atoms with Crippen LogP contribution in [0, 0.1) is 58.7 Å². The third kappa shape index (κ3) is 24.7. The van der Waals surface area contributed by atoms with Crippen molar-refractivity contribution in [3.8, 4) is 34.0 Å². The molecule has 4 atom stereocenters. The summed E-state index contributed by atoms with van der Waals surface area (Å²) in [7, 11) is -17.3. The van der Waals surface area contributed by atoms with Gasteiger partial charge in [-0.15, -0.1) is 8.78 Å². The smallest absolute Gasteiger partial charge is 0.395 e. The number of nitrogen functional groups attached to an aromatic ring is 2. The quantitative estimate of drug-likeness (QED) is 0.0292. The molecule has 34 nitrogen and oxygen atoms in total. The molecule has 12 aromatic rings. The van der Waals surface area contributed by atoms with Gasteiger partial charge in [0.2, 0.25) is 0 Å². The van der Waals surface area contributed by atoms with E-state index in [2.05, 4.69) is 123 Å². The van der Waals surface area contributed by atoms with E-state index in [0.717, 1.165) is 88.8 Å². The number of anilines is 9. The molecule has 14 heterocycles. The Hall–Kier alpha value is -14.7. The standard InChI is InChI=1S/C30H37N5O3S.C25H25F2N5O5S.C24H24F3N5O3S.C24H25F2N5O3S/c1-22-20-30(2,3)35(21-22)28-25(11-8-16-31-28)29(36)33-39(37,38)27-13-7-12-26(32-27)34-17-14-24(15-18-34)19-23-9-5-4-6-10-23;1-14-12-24(2,3)32(13-14)22-16(23(33)31-38(34,35)21-6-4-5-20(28)30-21)8-9-17(29-22)15-7-10-18-19(11-15)37-25(26,27)36-18;1-14-12-24(2,3)32(13-14)22-16(6-5-9-28-22)23(33)31-36(34,35)20-8-4-7-19(29-20)30-21-17(26)10-15(25)11-18(21)27;1-14-12-24(2,3)31(13-14)22-16(7-9-19(29-22)17-11-15(25)6-8-18(17)26)23(32)30-35(33,34)20-5-4-10-28-21(20)27/h4-13,16,22,24H,14-15,17-21H2,1-3H3,(H,33,36);4-11,14H,12-13H2,1-3H3,(H2,28,30)(H,31,33);4-11,14H,12-13H2,1-3H3,(H,29,30)(H,31,33);4-11,14H,12-13H2,1-3H3,(H2,27,28)(H,30,32)/t;14-;;14-/m.0.0/s1. The average Bonchev–Trinajstić information content (AvgIpc) is 1.60. The van der Waals surface area contributed by atoms with Crippen LogP contribution in [-0.2, 0) is 46.5 Å². The molecule has 148 heavy (non-hydrogen) atoms. The number of fused-ring (bicyclic) bond motifs is 1. The molecule has 45 heteroatoms. The number of carbonyl (C=O) groups excluding carboxylic acids is 4. The minimum absolute atomic E-state index is 0.0127. The van der Waals surface area contributed by atoms with Gasteiger partial charge in [0.1, 0.15) is 74.6 Å². The Morgan fingerprint density at radius 3 is 1.34 bits per heavy atom. The molecular formula is C103H111F7N20O14S4. The van der Waals surface area contributed by atoms with Crippen LogP contribution in [0.4, 0.5) is 83.0 Å². The van der Waals surface area contributed by atoms with Crippen LogP contribution in [0.3, 0.4) is 0 Å². The van der Waals surface area contributed by atoms with Gasteiger partial charge in [-0.05, 0) is 269 Å². The molecule has 2 unspecified atom stereocenters. The molecule has 6 aliphatic rings. The largest absolute Gasteiger partial charge is 0.586 e. The van der Waals surface area contributed by atoms with Crippen molar-refractivity contribution in [3.05, 3.63) is 270 Å². The zero-order valence-electron chi connectivity index (χ0n) is 82.7. The predicted octanol–water partition coefficient (Wildman–Crippen LogP) is 16.6. The third-order valence-corrected chi connectivity index (χ3v) is 31.2. The highest BCUT2D eigenvalue weighted by Gasteiger charge is 2.47. The number of ether oxygens (including phenoxy) is 2. The van der Waals surface area contributed by atoms with E-state index >= 15 is 0 Å². The zero-order chi connectivity index (χ0) is 107. The van der Waals surface area contributed by atoms with Gasteiger partial charge in [0.05, 0.1) is 33.6 Å². The van der Waals surface area contributed by atoms with Crippen molar-refractivity contribution >= 4 is 116 Å². The number of amides is 4. The summed E-state index contributed by atoms with van der Waals surface area (Å²) < 4.78 is 218. The first-order valence-corrected chi connectivity index (χ1v) is 53.3. The van der Waals surface area contributed by atoms with Crippen LogP contribution in [0.1, 0.15) is 169 Å². The molecule has 4 aromatic carbocycles. The summed E-state index contributed by atoms with van der Waals surface area (Å²) in [5.41, 5.74) is 11.8. The van der Waals surface area contributed by atoms with Crippen molar-refractivity contribution in [1.29, 1.82) is 0 Å². The lowest BCUT2D eigenvalue weighted by atomic mass is 9.90. The van der Waals surface area contributed by atoms with Crippen LogP contribution in [0.5, 0.6) is 11.5 Å². The van der Waals surface area contributed by atoms with E-state index < -0.39 is 126 Å². The maximum atomic E-state index is 14.5. The van der Waals surface area contributed by atoms with Gasteiger partial charge in [-0.3, -0.25) is 19.2 Å². The normalized spacial score (nSPS) is 18.5. The van der Waals surface area contributed by atoms with Gasteiger partial charge >= 0.3 is 6.29 Å². The number of carbonyl (C=O) groups is 4. The Balaban J connectivity index is 0.000000148. The van der Waals surface area contributed by atoms with Gasteiger partial charge in [-0.25, -0.2) is 89.1 Å². The molecule has 0 spiro atoms. The number of alkyl halides is 2. The number of halogens is 7. The van der Waals surface area contributed by atoms with Crippen molar-refractivity contribution in [3.63, 3.8) is 0 Å². The Bertz CT molecular complexity index is 7550. The Labute approximate surface area is 852 Å². The van der Waals surface area contributed by atoms with E-state index in [1.54, 1.807) is 30.5 Å². The second kappa shape index (κ2) is 42.6. The molecule has 9 N–H and O–H groups in total. The molecule has 0 radical (unpaired) electrons. The fourth-order valence-electron chi connectivity index (χ4n) is 19.8. The fourth-order valence-corrected chi connectivity index (χ4v) is 23.6. The highest BCUT2D eigenvalue weighted by molar-refractivity contribution is 7.91. The monoisotopic (exact) mass is 2110 g/mol. The van der Waals surface area contributed by atoms with Gasteiger partial charge in [0.15, 0.2) is 38.2 Å². The molecule has 0 aliphatic carbocycles. The van der Waals surface area contributed by atoms with Crippen molar-refractivity contribution in [2.24, 2.45) is 29.6 Å². The topological polar surface area (TPSA) is 455 Å². The van der Waals surface area contributed by atoms with Crippen LogP contribution in [0.15, 0.2) is 233 Å². The molecule has 780 valence electrons.